The maximum atomic E-state index is 6.25. The zero-order valence-corrected chi connectivity index (χ0v) is 13.9. The molecule has 1 aliphatic rings. The molecule has 1 unspecified atom stereocenters. The molecular weight excluding hydrogens is 327 g/mol. The molecule has 114 valence electrons. The van der Waals surface area contributed by atoms with Crippen LogP contribution in [0.15, 0.2) is 23.3 Å². The first-order valence-electron chi connectivity index (χ1n) is 6.83. The maximum absolute atomic E-state index is 6.25. The molecule has 0 aliphatic carbocycles. The maximum Gasteiger partial charge on any atom is 0.184 e. The first-order chi connectivity index (χ1) is 10.1. The topological polar surface area (TPSA) is 53.6 Å². The zero-order valence-electron chi connectivity index (χ0n) is 11.6. The van der Waals surface area contributed by atoms with Crippen molar-refractivity contribution in [1.82, 2.24) is 10.3 Å². The van der Waals surface area contributed by atoms with Crippen LogP contribution in [0, 0.1) is 0 Å². The minimum atomic E-state index is 0.169. The van der Waals surface area contributed by atoms with Crippen LogP contribution in [-0.4, -0.2) is 28.8 Å². The van der Waals surface area contributed by atoms with E-state index in [4.69, 9.17) is 41.2 Å². The van der Waals surface area contributed by atoms with Gasteiger partial charge in [-0.2, -0.15) is 5.10 Å². The average molecular weight is 345 g/mol. The Labute approximate surface area is 140 Å². The van der Waals surface area contributed by atoms with Gasteiger partial charge in [-0.25, -0.2) is 0 Å². The van der Waals surface area contributed by atoms with E-state index in [1.165, 1.54) is 6.42 Å². The highest BCUT2D eigenvalue weighted by Crippen LogP contribution is 2.28. The number of hydrogen-bond donors (Lipinski definition) is 2. The van der Waals surface area contributed by atoms with Crippen molar-refractivity contribution in [3.8, 4) is 0 Å². The van der Waals surface area contributed by atoms with Crippen molar-refractivity contribution in [2.75, 3.05) is 6.54 Å². The van der Waals surface area contributed by atoms with Crippen LogP contribution in [-0.2, 0) is 6.54 Å². The summed E-state index contributed by atoms with van der Waals surface area (Å²) >= 11 is 17.2. The van der Waals surface area contributed by atoms with Crippen molar-refractivity contribution in [1.29, 1.82) is 0 Å². The van der Waals surface area contributed by atoms with Crippen LogP contribution in [0.2, 0.25) is 10.0 Å². The summed E-state index contributed by atoms with van der Waals surface area (Å²) in [5, 5.41) is 5.65. The number of benzene rings is 1. The first kappa shape index (κ1) is 16.5. The van der Waals surface area contributed by atoms with Crippen LogP contribution >= 0.6 is 35.4 Å². The molecule has 4 nitrogen and oxygen atoms in total. The summed E-state index contributed by atoms with van der Waals surface area (Å²) in [5.41, 5.74) is 8.93. The van der Waals surface area contributed by atoms with Gasteiger partial charge in [0.2, 0.25) is 0 Å². The van der Waals surface area contributed by atoms with Gasteiger partial charge in [0.25, 0.3) is 0 Å². The van der Waals surface area contributed by atoms with Gasteiger partial charge < -0.3 is 5.73 Å². The third kappa shape index (κ3) is 4.81. The fourth-order valence-electron chi connectivity index (χ4n) is 2.46. The molecule has 21 heavy (non-hydrogen) atoms. The van der Waals surface area contributed by atoms with Gasteiger partial charge in [0, 0.05) is 34.4 Å². The van der Waals surface area contributed by atoms with Gasteiger partial charge in [-0.3, -0.25) is 10.3 Å². The Hall–Kier alpha value is -0.880. The van der Waals surface area contributed by atoms with E-state index in [0.29, 0.717) is 16.6 Å². The lowest BCUT2D eigenvalue weighted by atomic mass is 10.0. The van der Waals surface area contributed by atoms with Crippen LogP contribution in [0.3, 0.4) is 0 Å². The van der Waals surface area contributed by atoms with Gasteiger partial charge in [0.1, 0.15) is 0 Å². The fourth-order valence-corrected chi connectivity index (χ4v) is 3.02. The molecule has 7 heteroatoms. The van der Waals surface area contributed by atoms with Crippen molar-refractivity contribution in [2.24, 2.45) is 10.8 Å². The molecule has 0 bridgehead atoms. The molecular formula is C14H18Cl2N4S. The molecule has 0 amide bonds. The minimum Gasteiger partial charge on any atom is -0.375 e. The largest absolute Gasteiger partial charge is 0.375 e. The number of halogens is 2. The van der Waals surface area contributed by atoms with E-state index in [1.54, 1.807) is 0 Å². The quantitative estimate of drug-likeness (QED) is 0.500. The molecule has 0 saturated carbocycles. The average Bonchev–Trinajstić information content (AvgIpc) is 2.44. The number of hydrogen-bond acceptors (Lipinski definition) is 3. The lowest BCUT2D eigenvalue weighted by Gasteiger charge is -2.33. The molecule has 1 aromatic rings. The molecule has 1 aliphatic heterocycles. The monoisotopic (exact) mass is 344 g/mol. The number of nitrogens with zero attached hydrogens (tertiary/aromatic N) is 2. The highest BCUT2D eigenvalue weighted by atomic mass is 35.5. The van der Waals surface area contributed by atoms with Gasteiger partial charge in [0.15, 0.2) is 5.11 Å². The Kier molecular flexibility index (Phi) is 6.23. The molecule has 1 heterocycles. The Morgan fingerprint density at radius 1 is 1.43 bits per heavy atom. The third-order valence-electron chi connectivity index (χ3n) is 3.51. The van der Waals surface area contributed by atoms with E-state index in [2.05, 4.69) is 15.4 Å². The van der Waals surface area contributed by atoms with E-state index in [1.807, 2.05) is 24.4 Å². The number of nitrogens with one attached hydrogen (secondary N) is 1. The second kappa shape index (κ2) is 7.94. The Balaban J connectivity index is 2.08. The molecule has 3 N–H and O–H groups in total. The number of rotatable bonds is 4. The predicted molar refractivity (Wildman–Crippen MR) is 92.9 cm³/mol. The Bertz CT molecular complexity index is 515. The number of nitrogens with two attached hydrogens (primary N) is 1. The van der Waals surface area contributed by atoms with E-state index >= 15 is 0 Å². The fraction of sp³-hybridized carbons (Fsp3) is 0.429. The van der Waals surface area contributed by atoms with Crippen molar-refractivity contribution < 1.29 is 0 Å². The van der Waals surface area contributed by atoms with Crippen LogP contribution in [0.25, 0.3) is 0 Å². The highest BCUT2D eigenvalue weighted by Gasteiger charge is 2.22. The second-order valence-electron chi connectivity index (χ2n) is 4.99. The van der Waals surface area contributed by atoms with Gasteiger partial charge >= 0.3 is 0 Å². The molecule has 1 atom stereocenters. The first-order valence-corrected chi connectivity index (χ1v) is 8.00. The summed E-state index contributed by atoms with van der Waals surface area (Å²) in [6.45, 7) is 1.70. The van der Waals surface area contributed by atoms with E-state index in [-0.39, 0.29) is 11.2 Å². The third-order valence-corrected chi connectivity index (χ3v) is 4.31. The van der Waals surface area contributed by atoms with Gasteiger partial charge in [-0.1, -0.05) is 35.7 Å². The molecule has 1 aromatic carbocycles. The summed E-state index contributed by atoms with van der Waals surface area (Å²) in [6.07, 6.45) is 5.24. The smallest absolute Gasteiger partial charge is 0.184 e. The predicted octanol–water partition coefficient (Wildman–Crippen LogP) is 3.17. The number of thiocarbonyl (C=S) groups is 1. The summed E-state index contributed by atoms with van der Waals surface area (Å²) in [7, 11) is 0. The SMILES string of the molecule is NC(=S)NN=CC1CCCCN1Cc1c(Cl)cccc1Cl. The van der Waals surface area contributed by atoms with Gasteiger partial charge in [-0.15, -0.1) is 0 Å². The summed E-state index contributed by atoms with van der Waals surface area (Å²) < 4.78 is 0. The molecule has 0 radical (unpaired) electrons. The number of hydrazone groups is 1. The highest BCUT2D eigenvalue weighted by molar-refractivity contribution is 7.80. The Morgan fingerprint density at radius 2 is 2.14 bits per heavy atom. The molecule has 1 saturated heterocycles. The number of piperidine rings is 1. The minimum absolute atomic E-state index is 0.169. The second-order valence-corrected chi connectivity index (χ2v) is 6.24. The molecule has 0 spiro atoms. The number of likely N-dealkylation sites (tertiary alicyclic amines) is 1. The molecule has 0 aromatic heterocycles. The molecule has 2 rings (SSSR count). The van der Waals surface area contributed by atoms with Gasteiger partial charge in [-0.05, 0) is 43.7 Å². The van der Waals surface area contributed by atoms with Crippen LogP contribution in [0.4, 0.5) is 0 Å². The van der Waals surface area contributed by atoms with Crippen molar-refractivity contribution in [3.63, 3.8) is 0 Å². The van der Waals surface area contributed by atoms with Crippen LogP contribution in [0.1, 0.15) is 24.8 Å². The lowest BCUT2D eigenvalue weighted by Crippen LogP contribution is -2.40. The van der Waals surface area contributed by atoms with Gasteiger partial charge in [0.05, 0.1) is 0 Å². The summed E-state index contributed by atoms with van der Waals surface area (Å²) in [4.78, 5) is 2.32. The van der Waals surface area contributed by atoms with Crippen molar-refractivity contribution in [2.45, 2.75) is 31.8 Å². The van der Waals surface area contributed by atoms with E-state index in [9.17, 15) is 0 Å². The summed E-state index contributed by atoms with van der Waals surface area (Å²) in [6, 6.07) is 5.82. The van der Waals surface area contributed by atoms with Crippen molar-refractivity contribution >= 4 is 46.7 Å². The van der Waals surface area contributed by atoms with Crippen LogP contribution in [0.5, 0.6) is 0 Å². The normalized spacial score (nSPS) is 19.8. The summed E-state index contributed by atoms with van der Waals surface area (Å²) in [5.74, 6) is 0. The van der Waals surface area contributed by atoms with Crippen LogP contribution < -0.4 is 11.2 Å². The van der Waals surface area contributed by atoms with E-state index < -0.39 is 0 Å². The standard InChI is InChI=1S/C14H18Cl2N4S/c15-12-5-3-6-13(16)11(12)9-20-7-2-1-4-10(20)8-18-19-14(17)21/h3,5-6,8,10H,1-2,4,7,9H2,(H3,17,19,21). The van der Waals surface area contributed by atoms with Crippen molar-refractivity contribution in [3.05, 3.63) is 33.8 Å². The van der Waals surface area contributed by atoms with E-state index in [0.717, 1.165) is 24.9 Å². The molecule has 1 fully saturated rings. The lowest BCUT2D eigenvalue weighted by molar-refractivity contribution is 0.187. The Morgan fingerprint density at radius 3 is 2.81 bits per heavy atom. The zero-order chi connectivity index (χ0) is 15.2.